The number of fused-ring (bicyclic) bond motifs is 4. The molecule has 8 aromatic carbocycles. The van der Waals surface area contributed by atoms with Crippen molar-refractivity contribution in [1.82, 2.24) is 9.55 Å². The third-order valence-corrected chi connectivity index (χ3v) is 11.2. The summed E-state index contributed by atoms with van der Waals surface area (Å²) in [7, 11) is 0. The second kappa shape index (κ2) is 14.8. The van der Waals surface area contributed by atoms with Crippen LogP contribution < -0.4 is 14.5 Å². The van der Waals surface area contributed by atoms with Crippen molar-refractivity contribution in [2.45, 2.75) is 6.85 Å². The second-order valence-electron chi connectivity index (χ2n) is 14.8. The van der Waals surface area contributed by atoms with Gasteiger partial charge in [0.1, 0.15) is 24.0 Å². The highest BCUT2D eigenvalue weighted by Crippen LogP contribution is 2.50. The van der Waals surface area contributed by atoms with Crippen molar-refractivity contribution < 1.29 is 13.0 Å². The molecule has 1 aliphatic rings. The van der Waals surface area contributed by atoms with Crippen LogP contribution in [-0.2, 0) is 0 Å². The van der Waals surface area contributed by atoms with E-state index in [-0.39, 0.29) is 29.4 Å². The largest absolute Gasteiger partial charge is 0.457 e. The van der Waals surface area contributed by atoms with Gasteiger partial charge < -0.3 is 14.5 Å². The molecule has 60 heavy (non-hydrogen) atoms. The van der Waals surface area contributed by atoms with Crippen molar-refractivity contribution in [2.75, 3.05) is 16.5 Å². The van der Waals surface area contributed by atoms with Gasteiger partial charge in [-0.05, 0) is 77.6 Å². The number of hydrogen-bond donors (Lipinski definition) is 0. The monoisotopic (exact) mass is 778 g/mol. The third-order valence-electron chi connectivity index (χ3n) is 11.2. The first-order valence-corrected chi connectivity index (χ1v) is 19.9. The Kier molecular flexibility index (Phi) is 7.24. The zero-order valence-corrected chi connectivity index (χ0v) is 32.4. The van der Waals surface area contributed by atoms with Crippen molar-refractivity contribution in [3.8, 4) is 50.7 Å². The summed E-state index contributed by atoms with van der Waals surface area (Å²) in [5.41, 5.74) is 10.5. The summed E-state index contributed by atoms with van der Waals surface area (Å²) >= 11 is 0. The van der Waals surface area contributed by atoms with Gasteiger partial charge in [0.25, 0.3) is 0 Å². The van der Waals surface area contributed by atoms with Gasteiger partial charge in [0.15, 0.2) is 0 Å². The Balaban J connectivity index is 1.02. The van der Waals surface area contributed by atoms with Gasteiger partial charge in [-0.25, -0.2) is 4.98 Å². The summed E-state index contributed by atoms with van der Waals surface area (Å²) in [4.78, 5) is 9.14. The number of anilines is 4. The van der Waals surface area contributed by atoms with Crippen LogP contribution in [0.1, 0.15) is 13.8 Å². The van der Waals surface area contributed by atoms with E-state index in [1.807, 2.05) is 137 Å². The predicted molar refractivity (Wildman–Crippen MR) is 248 cm³/mol. The molecule has 0 bridgehead atoms. The van der Waals surface area contributed by atoms with Gasteiger partial charge >= 0.3 is 0 Å². The summed E-state index contributed by atoms with van der Waals surface area (Å²) in [5, 5.41) is 1.84. The second-order valence-corrected chi connectivity index (χ2v) is 14.8. The van der Waals surface area contributed by atoms with E-state index in [9.17, 15) is 1.37 Å². The minimum absolute atomic E-state index is 0.0886. The topological polar surface area (TPSA) is 33.5 Å². The molecule has 0 spiro atoms. The normalized spacial score (nSPS) is 13.9. The van der Waals surface area contributed by atoms with E-state index in [4.69, 9.17) is 16.6 Å². The van der Waals surface area contributed by atoms with E-state index in [0.29, 0.717) is 29.5 Å². The molecule has 0 radical (unpaired) electrons. The number of rotatable bonds is 8. The first-order chi connectivity index (χ1) is 32.1. The number of para-hydroxylation sites is 4. The van der Waals surface area contributed by atoms with Gasteiger partial charge in [0, 0.05) is 55.6 Å². The maximum Gasteiger partial charge on any atom is 0.137 e. The van der Waals surface area contributed by atoms with Gasteiger partial charge in [0.2, 0.25) is 0 Å². The lowest BCUT2D eigenvalue weighted by Crippen LogP contribution is -2.24. The van der Waals surface area contributed by atoms with Crippen molar-refractivity contribution >= 4 is 44.6 Å². The van der Waals surface area contributed by atoms with Crippen molar-refractivity contribution in [3.05, 3.63) is 218 Å². The van der Waals surface area contributed by atoms with Crippen LogP contribution in [0.25, 0.3) is 61.0 Å². The highest BCUT2D eigenvalue weighted by molar-refractivity contribution is 6.09. The van der Waals surface area contributed by atoms with E-state index in [1.165, 1.54) is 0 Å². The molecule has 2 aromatic heterocycles. The van der Waals surface area contributed by atoms with Gasteiger partial charge in [-0.2, -0.15) is 0 Å². The molecule has 3 heterocycles. The quantitative estimate of drug-likeness (QED) is 0.154. The van der Waals surface area contributed by atoms with Crippen molar-refractivity contribution in [2.24, 2.45) is 0 Å². The molecular formula is C55H40N4O. The molecule has 0 unspecified atom stereocenters. The lowest BCUT2D eigenvalue weighted by Gasteiger charge is -2.27. The minimum atomic E-state index is -2.42. The van der Waals surface area contributed by atoms with Crippen LogP contribution >= 0.6 is 0 Å². The highest BCUT2D eigenvalue weighted by Gasteiger charge is 2.31. The minimum Gasteiger partial charge on any atom is -0.457 e. The fourth-order valence-electron chi connectivity index (χ4n) is 8.50. The zero-order valence-electron chi connectivity index (χ0n) is 38.4. The standard InChI is InChI=1S/C55H40N4O/c1-38-33-54(56-36-49(38)41-21-9-4-10-22-41)59-50-28-12-11-25-47(50)48-32-31-44(35-53(48)59)60-43-24-15-23-42(34-43)57-37-58(52-30-14-13-29-51(52)57)55-45(39-17-5-2-6-18-39)26-16-27-46(55)40-19-7-3-8-20-40/h2-36H,37H2,1H3/i1D3,15D,23D,24D. The van der Waals surface area contributed by atoms with Crippen molar-refractivity contribution in [3.63, 3.8) is 0 Å². The molecule has 0 saturated carbocycles. The van der Waals surface area contributed by atoms with Gasteiger partial charge in [-0.3, -0.25) is 4.57 Å². The summed E-state index contributed by atoms with van der Waals surface area (Å²) in [6, 6.07) is 60.8. The van der Waals surface area contributed by atoms with E-state index >= 15 is 0 Å². The molecule has 10 aromatic rings. The van der Waals surface area contributed by atoms with Crippen LogP contribution in [0.3, 0.4) is 0 Å². The number of benzene rings is 8. The number of aryl methyl sites for hydroxylation is 1. The molecule has 5 heteroatoms. The van der Waals surface area contributed by atoms with Gasteiger partial charge in [0.05, 0.1) is 32.2 Å². The molecule has 11 rings (SSSR count). The number of nitrogens with zero attached hydrogens (tertiary/aromatic N) is 4. The Morgan fingerprint density at radius 1 is 0.533 bits per heavy atom. The van der Waals surface area contributed by atoms with Crippen LogP contribution in [0, 0.1) is 6.85 Å². The van der Waals surface area contributed by atoms with E-state index in [2.05, 4.69) is 53.4 Å². The average molecular weight is 779 g/mol. The van der Waals surface area contributed by atoms with Gasteiger partial charge in [-0.1, -0.05) is 146 Å². The third kappa shape index (κ3) is 6.16. The van der Waals surface area contributed by atoms with Crippen LogP contribution in [0.5, 0.6) is 11.5 Å². The van der Waals surface area contributed by atoms with Crippen LogP contribution in [0.4, 0.5) is 22.7 Å². The Morgan fingerprint density at radius 2 is 1.15 bits per heavy atom. The Hall–Kier alpha value is -7.89. The van der Waals surface area contributed by atoms with E-state index < -0.39 is 6.85 Å². The molecule has 0 N–H and O–H groups in total. The molecule has 0 atom stereocenters. The smallest absolute Gasteiger partial charge is 0.137 e. The Labute approximate surface area is 358 Å². The zero-order chi connectivity index (χ0) is 45.1. The lowest BCUT2D eigenvalue weighted by atomic mass is 9.95. The summed E-state index contributed by atoms with van der Waals surface area (Å²) in [6.45, 7) is -2.09. The fourth-order valence-corrected chi connectivity index (χ4v) is 8.50. The molecule has 5 nitrogen and oxygen atoms in total. The summed E-state index contributed by atoms with van der Waals surface area (Å²) in [5.74, 6) is 0.947. The van der Waals surface area contributed by atoms with Crippen LogP contribution in [0.2, 0.25) is 0 Å². The number of pyridine rings is 1. The molecule has 0 amide bonds. The summed E-state index contributed by atoms with van der Waals surface area (Å²) in [6.07, 6.45) is 1.62. The Bertz CT molecular complexity index is 3410. The molecular weight excluding hydrogens is 733 g/mol. The Morgan fingerprint density at radius 3 is 1.85 bits per heavy atom. The maximum absolute atomic E-state index is 9.29. The number of aromatic nitrogens is 2. The summed E-state index contributed by atoms with van der Waals surface area (Å²) < 4.78 is 61.5. The average Bonchev–Trinajstić information content (AvgIpc) is 3.90. The molecule has 1 aliphatic heterocycles. The first kappa shape index (κ1) is 29.3. The predicted octanol–water partition coefficient (Wildman–Crippen LogP) is 14.5. The van der Waals surface area contributed by atoms with Crippen LogP contribution in [0.15, 0.2) is 212 Å². The molecule has 286 valence electrons. The SMILES string of the molecule is [2H]c1c(Oc2ccc3c4ccccc4n(-c4cc(C([2H])([2H])[2H])c(-c5ccccc5)cn4)c3c2)cc(N2CN(c3c(-c4ccccc4)cccc3-c3ccccc3)c3ccccc32)c([2H])c1[2H]. The first-order valence-electron chi connectivity index (χ1n) is 22.9. The number of ether oxygens (including phenoxy) is 1. The van der Waals surface area contributed by atoms with Crippen LogP contribution in [-0.4, -0.2) is 16.2 Å². The van der Waals surface area contributed by atoms with Crippen molar-refractivity contribution in [1.29, 1.82) is 0 Å². The fraction of sp³-hybridized carbons (Fsp3) is 0.0364. The number of hydrogen-bond acceptors (Lipinski definition) is 4. The van der Waals surface area contributed by atoms with Gasteiger partial charge in [-0.15, -0.1) is 0 Å². The molecule has 0 saturated heterocycles. The van der Waals surface area contributed by atoms with E-state index in [1.54, 1.807) is 18.3 Å². The highest BCUT2D eigenvalue weighted by atomic mass is 16.5. The maximum atomic E-state index is 9.29. The lowest BCUT2D eigenvalue weighted by molar-refractivity contribution is 0.483. The molecule has 0 aliphatic carbocycles. The van der Waals surface area contributed by atoms with E-state index in [0.717, 1.165) is 66.7 Å². The molecule has 0 fully saturated rings.